The van der Waals surface area contributed by atoms with Gasteiger partial charge in [0.25, 0.3) is 0 Å². The molecule has 0 spiro atoms. The van der Waals surface area contributed by atoms with Crippen LogP contribution < -0.4 is 4.74 Å². The maximum Gasteiger partial charge on any atom is 0.220 e. The maximum atomic E-state index is 9.29. The molecule has 0 saturated carbocycles. The Bertz CT molecular complexity index is 791. The van der Waals surface area contributed by atoms with E-state index in [-0.39, 0.29) is 29.3 Å². The van der Waals surface area contributed by atoms with Crippen LogP contribution in [0.1, 0.15) is 11.1 Å². The van der Waals surface area contributed by atoms with E-state index < -0.39 is 0 Å². The van der Waals surface area contributed by atoms with Gasteiger partial charge in [-0.3, -0.25) is 0 Å². The fraction of sp³-hybridized carbons (Fsp3) is 0.154. The Kier molecular flexibility index (Phi) is 3.92. The Hall–Kier alpha value is -1.89. The molecule has 0 fully saturated rings. The quantitative estimate of drug-likeness (QED) is 0.742. The zero-order chi connectivity index (χ0) is 14.8. The average molecular weight is 326 g/mol. The van der Waals surface area contributed by atoms with Gasteiger partial charge in [0, 0.05) is 5.56 Å². The Morgan fingerprint density at radius 1 is 1.14 bits per heavy atom. The predicted octanol–water partition coefficient (Wildman–Crippen LogP) is 3.00. The van der Waals surface area contributed by atoms with Crippen LogP contribution in [0.2, 0.25) is 10.2 Å². The topological polar surface area (TPSA) is 81.3 Å². The first-order chi connectivity index (χ1) is 10.2. The standard InChI is InChI=1S/C13H9Cl2N3O3/c14-9-4-8(5-19)13(16-12(9)15)20-6-7-1-2-10-11(3-7)18-21-17-10/h1-4,19H,5-6H2. The van der Waals surface area contributed by atoms with Gasteiger partial charge in [0.2, 0.25) is 5.88 Å². The molecule has 0 bridgehead atoms. The number of fused-ring (bicyclic) bond motifs is 1. The summed E-state index contributed by atoms with van der Waals surface area (Å²) in [5.74, 6) is 0.241. The number of aromatic nitrogens is 3. The van der Waals surface area contributed by atoms with Crippen LogP contribution in [0, 0.1) is 0 Å². The van der Waals surface area contributed by atoms with Crippen molar-refractivity contribution in [2.24, 2.45) is 0 Å². The Morgan fingerprint density at radius 3 is 2.76 bits per heavy atom. The fourth-order valence-electron chi connectivity index (χ4n) is 1.80. The lowest BCUT2D eigenvalue weighted by atomic mass is 10.2. The summed E-state index contributed by atoms with van der Waals surface area (Å²) in [5, 5.41) is 17.2. The first-order valence-electron chi connectivity index (χ1n) is 5.97. The third kappa shape index (κ3) is 2.92. The molecule has 0 saturated heterocycles. The molecule has 8 heteroatoms. The van der Waals surface area contributed by atoms with Gasteiger partial charge in [-0.25, -0.2) is 4.63 Å². The second-order valence-corrected chi connectivity index (χ2v) is 5.02. The minimum absolute atomic E-state index is 0.125. The first-order valence-corrected chi connectivity index (χ1v) is 6.72. The van der Waals surface area contributed by atoms with E-state index in [4.69, 9.17) is 27.9 Å². The second-order valence-electron chi connectivity index (χ2n) is 4.26. The summed E-state index contributed by atoms with van der Waals surface area (Å²) < 4.78 is 10.2. The number of benzene rings is 1. The number of nitrogens with zero attached hydrogens (tertiary/aromatic N) is 3. The molecule has 0 radical (unpaired) electrons. The van der Waals surface area contributed by atoms with Crippen molar-refractivity contribution in [3.05, 3.63) is 45.6 Å². The van der Waals surface area contributed by atoms with Crippen molar-refractivity contribution in [1.29, 1.82) is 0 Å². The van der Waals surface area contributed by atoms with Crippen LogP contribution in [0.15, 0.2) is 28.9 Å². The molecule has 0 aliphatic rings. The largest absolute Gasteiger partial charge is 0.472 e. The van der Waals surface area contributed by atoms with Crippen LogP contribution in [0.5, 0.6) is 5.88 Å². The summed E-state index contributed by atoms with van der Waals surface area (Å²) in [6, 6.07) is 6.93. The number of aliphatic hydroxyl groups excluding tert-OH is 1. The lowest BCUT2D eigenvalue weighted by molar-refractivity contribution is 0.253. The Balaban J connectivity index is 1.82. The third-order valence-electron chi connectivity index (χ3n) is 2.84. The number of aliphatic hydroxyl groups is 1. The van der Waals surface area contributed by atoms with Crippen LogP contribution in [-0.4, -0.2) is 20.4 Å². The predicted molar refractivity (Wildman–Crippen MR) is 76.3 cm³/mol. The zero-order valence-corrected chi connectivity index (χ0v) is 12.1. The van der Waals surface area contributed by atoms with Gasteiger partial charge in [-0.05, 0) is 34.1 Å². The molecule has 21 heavy (non-hydrogen) atoms. The smallest absolute Gasteiger partial charge is 0.220 e. The van der Waals surface area contributed by atoms with Gasteiger partial charge in [0.05, 0.1) is 11.6 Å². The van der Waals surface area contributed by atoms with Gasteiger partial charge < -0.3 is 9.84 Å². The normalized spacial score (nSPS) is 11.0. The van der Waals surface area contributed by atoms with Crippen LogP contribution in [-0.2, 0) is 13.2 Å². The monoisotopic (exact) mass is 325 g/mol. The lowest BCUT2D eigenvalue weighted by Gasteiger charge is -2.10. The minimum atomic E-state index is -0.245. The highest BCUT2D eigenvalue weighted by Crippen LogP contribution is 2.27. The Labute approximate surface area is 129 Å². The number of pyridine rings is 1. The van der Waals surface area contributed by atoms with Crippen molar-refractivity contribution in [1.82, 2.24) is 15.3 Å². The first kappa shape index (κ1) is 14.1. The molecule has 1 N–H and O–H groups in total. The van der Waals surface area contributed by atoms with Crippen molar-refractivity contribution < 1.29 is 14.5 Å². The molecule has 0 unspecified atom stereocenters. The maximum absolute atomic E-state index is 9.29. The SMILES string of the molecule is OCc1cc(Cl)c(Cl)nc1OCc1ccc2nonc2c1. The zero-order valence-electron chi connectivity index (χ0n) is 10.6. The lowest BCUT2D eigenvalue weighted by Crippen LogP contribution is -2.01. The molecule has 6 nitrogen and oxygen atoms in total. The summed E-state index contributed by atoms with van der Waals surface area (Å²) in [4.78, 5) is 4.02. The van der Waals surface area contributed by atoms with E-state index in [1.54, 1.807) is 12.1 Å². The molecule has 0 amide bonds. The van der Waals surface area contributed by atoms with E-state index >= 15 is 0 Å². The molecule has 108 valence electrons. The molecule has 3 rings (SSSR count). The van der Waals surface area contributed by atoms with Crippen LogP contribution in [0.25, 0.3) is 11.0 Å². The van der Waals surface area contributed by atoms with Crippen molar-refractivity contribution in [2.75, 3.05) is 0 Å². The number of ether oxygens (including phenoxy) is 1. The molecular weight excluding hydrogens is 317 g/mol. The van der Waals surface area contributed by atoms with E-state index in [9.17, 15) is 5.11 Å². The summed E-state index contributed by atoms with van der Waals surface area (Å²) in [5.41, 5.74) is 2.63. The van der Waals surface area contributed by atoms with Gasteiger partial charge in [0.1, 0.15) is 17.6 Å². The van der Waals surface area contributed by atoms with E-state index in [1.807, 2.05) is 6.07 Å². The van der Waals surface area contributed by atoms with Gasteiger partial charge in [-0.2, -0.15) is 4.98 Å². The van der Waals surface area contributed by atoms with Crippen molar-refractivity contribution in [3.8, 4) is 5.88 Å². The number of hydrogen-bond donors (Lipinski definition) is 1. The molecule has 3 aromatic rings. The summed E-state index contributed by atoms with van der Waals surface area (Å²) in [7, 11) is 0. The molecular formula is C13H9Cl2N3O3. The highest BCUT2D eigenvalue weighted by Gasteiger charge is 2.11. The third-order valence-corrected chi connectivity index (χ3v) is 3.51. The van der Waals surface area contributed by atoms with E-state index in [1.165, 1.54) is 6.07 Å². The fourth-order valence-corrected chi connectivity index (χ4v) is 2.10. The molecule has 2 aromatic heterocycles. The highest BCUT2D eigenvalue weighted by atomic mass is 35.5. The van der Waals surface area contributed by atoms with Crippen molar-refractivity contribution in [3.63, 3.8) is 0 Å². The van der Waals surface area contributed by atoms with E-state index in [0.29, 0.717) is 16.6 Å². The second kappa shape index (κ2) is 5.85. The summed E-state index contributed by atoms with van der Waals surface area (Å²) in [6.07, 6.45) is 0. The molecule has 0 aliphatic heterocycles. The van der Waals surface area contributed by atoms with Crippen LogP contribution >= 0.6 is 23.2 Å². The summed E-state index contributed by atoms with van der Waals surface area (Å²) in [6.45, 7) is -0.00771. The van der Waals surface area contributed by atoms with Crippen LogP contribution in [0.3, 0.4) is 0 Å². The molecule has 2 heterocycles. The van der Waals surface area contributed by atoms with Crippen molar-refractivity contribution in [2.45, 2.75) is 13.2 Å². The Morgan fingerprint density at radius 2 is 1.95 bits per heavy atom. The van der Waals surface area contributed by atoms with Gasteiger partial charge in [0.15, 0.2) is 5.15 Å². The molecule has 0 atom stereocenters. The number of hydrogen-bond acceptors (Lipinski definition) is 6. The summed E-state index contributed by atoms with van der Waals surface area (Å²) >= 11 is 11.7. The van der Waals surface area contributed by atoms with Crippen LogP contribution in [0.4, 0.5) is 0 Å². The van der Waals surface area contributed by atoms with Crippen molar-refractivity contribution >= 4 is 34.2 Å². The van der Waals surface area contributed by atoms with Gasteiger partial charge in [-0.15, -0.1) is 0 Å². The van der Waals surface area contributed by atoms with E-state index in [0.717, 1.165) is 5.56 Å². The van der Waals surface area contributed by atoms with E-state index in [2.05, 4.69) is 19.9 Å². The van der Waals surface area contributed by atoms with Gasteiger partial charge in [-0.1, -0.05) is 29.3 Å². The number of halogens is 2. The number of rotatable bonds is 4. The molecule has 0 aliphatic carbocycles. The highest BCUT2D eigenvalue weighted by molar-refractivity contribution is 6.41. The minimum Gasteiger partial charge on any atom is -0.472 e. The van der Waals surface area contributed by atoms with Gasteiger partial charge >= 0.3 is 0 Å². The molecule has 1 aromatic carbocycles. The average Bonchev–Trinajstić information content (AvgIpc) is 2.95.